The summed E-state index contributed by atoms with van der Waals surface area (Å²) < 4.78 is 12.9. The second-order valence-corrected chi connectivity index (χ2v) is 9.00. The normalized spacial score (nSPS) is 11.2. The number of carbonyl (C=O) groups is 2. The van der Waals surface area contributed by atoms with Crippen molar-refractivity contribution in [3.63, 3.8) is 0 Å². The molecule has 0 radical (unpaired) electrons. The number of rotatable bonds is 4. The van der Waals surface area contributed by atoms with Crippen LogP contribution in [-0.4, -0.2) is 37.3 Å². The minimum Gasteiger partial charge on any atom is -0.508 e. The van der Waals surface area contributed by atoms with Crippen molar-refractivity contribution in [3.8, 4) is 17.4 Å². The second kappa shape index (κ2) is 9.45. The third-order valence-electron chi connectivity index (χ3n) is 4.86. The molecular weight excluding hydrogens is 464 g/mol. The van der Waals surface area contributed by atoms with Crippen LogP contribution in [0, 0.1) is 6.92 Å². The number of aryl methyl sites for hydroxylation is 1. The first-order valence-corrected chi connectivity index (χ1v) is 11.0. The number of benzene rings is 2. The van der Waals surface area contributed by atoms with E-state index in [1.807, 2.05) is 0 Å². The third kappa shape index (κ3) is 5.63. The molecule has 0 saturated heterocycles. The van der Waals surface area contributed by atoms with Crippen LogP contribution in [0.15, 0.2) is 60.8 Å². The Morgan fingerprint density at radius 3 is 2.61 bits per heavy atom. The smallest absolute Gasteiger partial charge is 0.434 e. The summed E-state index contributed by atoms with van der Waals surface area (Å²) in [5.41, 5.74) is 9.17. The number of hydrazine groups is 1. The van der Waals surface area contributed by atoms with Crippen LogP contribution in [0.2, 0.25) is 0 Å². The summed E-state index contributed by atoms with van der Waals surface area (Å²) in [5, 5.41) is 15.1. The van der Waals surface area contributed by atoms with Gasteiger partial charge < -0.3 is 20.3 Å². The highest BCUT2D eigenvalue weighted by molar-refractivity contribution is 6.00. The number of ether oxygens (including phenoxy) is 2. The average molecular weight is 491 g/mol. The molecule has 0 aliphatic carbocycles. The van der Waals surface area contributed by atoms with E-state index in [4.69, 9.17) is 15.2 Å². The van der Waals surface area contributed by atoms with Gasteiger partial charge in [0.05, 0.1) is 11.9 Å². The predicted octanol–water partition coefficient (Wildman–Crippen LogP) is 4.20. The number of hydrogen-bond acceptors (Lipinski definition) is 8. The molecule has 11 nitrogen and oxygen atoms in total. The summed E-state index contributed by atoms with van der Waals surface area (Å²) in [4.78, 5) is 30.2. The molecule has 2 aromatic heterocycles. The van der Waals surface area contributed by atoms with Crippen molar-refractivity contribution < 1.29 is 24.2 Å². The lowest BCUT2D eigenvalue weighted by Gasteiger charge is -2.28. The lowest BCUT2D eigenvalue weighted by molar-refractivity contribution is 0.0548. The van der Waals surface area contributed by atoms with E-state index >= 15 is 0 Å². The van der Waals surface area contributed by atoms with Gasteiger partial charge in [0.1, 0.15) is 22.9 Å². The Hall–Kier alpha value is -4.80. The van der Waals surface area contributed by atoms with Gasteiger partial charge in [-0.05, 0) is 63.6 Å². The molecule has 0 bridgehead atoms. The number of hydrogen-bond donors (Lipinski definition) is 3. The van der Waals surface area contributed by atoms with Crippen LogP contribution in [0.25, 0.3) is 5.65 Å². The molecule has 0 atom stereocenters. The Labute approximate surface area is 207 Å². The van der Waals surface area contributed by atoms with Crippen LogP contribution in [0.5, 0.6) is 17.4 Å². The first-order valence-electron chi connectivity index (χ1n) is 11.0. The molecule has 2 amide bonds. The van der Waals surface area contributed by atoms with Gasteiger partial charge in [0.25, 0.3) is 5.91 Å². The molecule has 0 fully saturated rings. The molecule has 36 heavy (non-hydrogen) atoms. The Kier molecular flexibility index (Phi) is 6.39. The summed E-state index contributed by atoms with van der Waals surface area (Å²) in [7, 11) is 0. The predicted molar refractivity (Wildman–Crippen MR) is 133 cm³/mol. The zero-order valence-corrected chi connectivity index (χ0v) is 20.2. The first kappa shape index (κ1) is 24.3. The molecule has 0 unspecified atom stereocenters. The van der Waals surface area contributed by atoms with Crippen LogP contribution in [0.3, 0.4) is 0 Å². The first-order chi connectivity index (χ1) is 17.0. The van der Waals surface area contributed by atoms with Gasteiger partial charge in [0.15, 0.2) is 5.65 Å². The van der Waals surface area contributed by atoms with Gasteiger partial charge in [-0.25, -0.2) is 14.3 Å². The van der Waals surface area contributed by atoms with Crippen molar-refractivity contribution in [2.75, 3.05) is 10.7 Å². The summed E-state index contributed by atoms with van der Waals surface area (Å²) in [5.74, 6) is 0.250. The average Bonchev–Trinajstić information content (AvgIpc) is 3.17. The van der Waals surface area contributed by atoms with Gasteiger partial charge >= 0.3 is 6.09 Å². The van der Waals surface area contributed by atoms with Gasteiger partial charge in [0.2, 0.25) is 5.88 Å². The number of amides is 2. The third-order valence-corrected chi connectivity index (χ3v) is 4.86. The van der Waals surface area contributed by atoms with Gasteiger partial charge in [-0.3, -0.25) is 10.2 Å². The van der Waals surface area contributed by atoms with Crippen LogP contribution >= 0.6 is 0 Å². The number of aromatic nitrogens is 3. The van der Waals surface area contributed by atoms with Crippen molar-refractivity contribution in [3.05, 3.63) is 71.9 Å². The van der Waals surface area contributed by atoms with Gasteiger partial charge in [0, 0.05) is 17.7 Å². The standard InChI is InChI=1S/C25H26N6O5/c1-15-8-9-18(35-22-11-10-21-27-20(26)14-30(21)28-22)13-19(15)31(24(34)36-25(2,3)4)29-23(33)16-6-5-7-17(32)12-16/h5-14,32H,26H2,1-4H3,(H,29,33). The zero-order chi connectivity index (χ0) is 26.0. The van der Waals surface area contributed by atoms with E-state index in [1.54, 1.807) is 64.2 Å². The molecule has 0 spiro atoms. The number of carbonyl (C=O) groups excluding carboxylic acids is 2. The van der Waals surface area contributed by atoms with E-state index in [9.17, 15) is 14.7 Å². The van der Waals surface area contributed by atoms with E-state index in [0.29, 0.717) is 28.5 Å². The number of anilines is 2. The molecule has 0 saturated carbocycles. The summed E-state index contributed by atoms with van der Waals surface area (Å²) in [6.45, 7) is 6.93. The highest BCUT2D eigenvalue weighted by atomic mass is 16.6. The fourth-order valence-corrected chi connectivity index (χ4v) is 3.28. The Morgan fingerprint density at radius 2 is 1.89 bits per heavy atom. The molecule has 2 aromatic carbocycles. The van der Waals surface area contributed by atoms with Crippen molar-refractivity contribution >= 4 is 29.2 Å². The fraction of sp³-hybridized carbons (Fsp3) is 0.200. The molecule has 2 heterocycles. The Morgan fingerprint density at radius 1 is 1.11 bits per heavy atom. The van der Waals surface area contributed by atoms with E-state index < -0.39 is 17.6 Å². The van der Waals surface area contributed by atoms with Crippen molar-refractivity contribution in [1.29, 1.82) is 0 Å². The van der Waals surface area contributed by atoms with Crippen LogP contribution in [-0.2, 0) is 4.74 Å². The number of nitrogens with two attached hydrogens (primary N) is 1. The highest BCUT2D eigenvalue weighted by Crippen LogP contribution is 2.29. The monoisotopic (exact) mass is 490 g/mol. The quantitative estimate of drug-likeness (QED) is 0.361. The van der Waals surface area contributed by atoms with Crippen LogP contribution in [0.1, 0.15) is 36.7 Å². The second-order valence-electron chi connectivity index (χ2n) is 9.00. The maximum atomic E-state index is 13.1. The molecular formula is C25H26N6O5. The van der Waals surface area contributed by atoms with E-state index in [0.717, 1.165) is 5.01 Å². The minimum absolute atomic E-state index is 0.0813. The lowest BCUT2D eigenvalue weighted by Crippen LogP contribution is -2.49. The van der Waals surface area contributed by atoms with E-state index in [2.05, 4.69) is 15.5 Å². The van der Waals surface area contributed by atoms with Gasteiger partial charge in [-0.2, -0.15) is 5.01 Å². The summed E-state index contributed by atoms with van der Waals surface area (Å²) >= 11 is 0. The number of phenolic OH excluding ortho intramolecular Hbond substituents is 1. The number of nitrogens with one attached hydrogen (secondary N) is 1. The Bertz CT molecular complexity index is 1440. The van der Waals surface area contributed by atoms with Gasteiger partial charge in [-0.1, -0.05) is 12.1 Å². The number of nitrogen functional groups attached to an aromatic ring is 1. The number of phenols is 1. The maximum Gasteiger partial charge on any atom is 0.434 e. The van der Waals surface area contributed by atoms with Crippen LogP contribution < -0.4 is 20.9 Å². The van der Waals surface area contributed by atoms with Crippen LogP contribution in [0.4, 0.5) is 16.3 Å². The molecule has 0 aliphatic heterocycles. The van der Waals surface area contributed by atoms with E-state index in [1.165, 1.54) is 28.8 Å². The molecule has 4 aromatic rings. The highest BCUT2D eigenvalue weighted by Gasteiger charge is 2.27. The largest absolute Gasteiger partial charge is 0.508 e. The summed E-state index contributed by atoms with van der Waals surface area (Å²) in [6, 6.07) is 14.1. The topological polar surface area (TPSA) is 144 Å². The van der Waals surface area contributed by atoms with Crippen molar-refractivity contribution in [1.82, 2.24) is 20.0 Å². The summed E-state index contributed by atoms with van der Waals surface area (Å²) in [6.07, 6.45) is 0.758. The minimum atomic E-state index is -0.820. The van der Waals surface area contributed by atoms with Crippen molar-refractivity contribution in [2.24, 2.45) is 0 Å². The molecule has 186 valence electrons. The van der Waals surface area contributed by atoms with Gasteiger partial charge in [-0.15, -0.1) is 5.10 Å². The number of fused-ring (bicyclic) bond motifs is 1. The Balaban J connectivity index is 1.67. The molecule has 0 aliphatic rings. The number of nitrogens with zero attached hydrogens (tertiary/aromatic N) is 4. The SMILES string of the molecule is Cc1ccc(Oc2ccc3nc(N)cn3n2)cc1N(NC(=O)c1cccc(O)c1)C(=O)OC(C)(C)C. The molecule has 4 N–H and O–H groups in total. The van der Waals surface area contributed by atoms with E-state index in [-0.39, 0.29) is 17.2 Å². The van der Waals surface area contributed by atoms with Crippen molar-refractivity contribution in [2.45, 2.75) is 33.3 Å². The maximum absolute atomic E-state index is 13.1. The fourth-order valence-electron chi connectivity index (χ4n) is 3.28. The lowest BCUT2D eigenvalue weighted by atomic mass is 10.1. The zero-order valence-electron chi connectivity index (χ0n) is 20.2. The number of imidazole rings is 1. The molecule has 4 rings (SSSR count). The molecule has 11 heteroatoms. The number of aromatic hydroxyl groups is 1.